The van der Waals surface area contributed by atoms with Crippen LogP contribution in [0, 0.1) is 0 Å². The molecule has 1 saturated heterocycles. The molecule has 4 rings (SSSR count). The normalized spacial score (nSPS) is 13.4. The van der Waals surface area contributed by atoms with Crippen LogP contribution >= 0.6 is 11.3 Å². The van der Waals surface area contributed by atoms with E-state index in [1.54, 1.807) is 12.4 Å². The van der Waals surface area contributed by atoms with Gasteiger partial charge in [0, 0.05) is 42.5 Å². The van der Waals surface area contributed by atoms with Crippen LogP contribution in [0.1, 0.15) is 17.4 Å². The molecule has 1 fully saturated rings. The second-order valence-electron chi connectivity index (χ2n) is 7.85. The zero-order valence-electron chi connectivity index (χ0n) is 19.3. The summed E-state index contributed by atoms with van der Waals surface area (Å²) in [6.07, 6.45) is 0. The molecule has 1 aliphatic heterocycles. The highest BCUT2D eigenvalue weighted by Gasteiger charge is 2.19. The van der Waals surface area contributed by atoms with Gasteiger partial charge in [-0.1, -0.05) is 0 Å². The number of likely N-dealkylation sites (N-methyl/N-ethyl adjacent to an activating group) is 1. The number of carbonyl (C=O) groups excluding carboxylic acids is 2. The average Bonchev–Trinajstić information content (AvgIpc) is 3.35. The van der Waals surface area contributed by atoms with Crippen molar-refractivity contribution in [3.05, 3.63) is 59.6 Å². The van der Waals surface area contributed by atoms with Crippen molar-refractivity contribution in [1.82, 2.24) is 9.88 Å². The molecule has 8 nitrogen and oxygen atoms in total. The van der Waals surface area contributed by atoms with Crippen molar-refractivity contribution in [2.75, 3.05) is 56.7 Å². The monoisotopic (exact) mass is 480 g/mol. The molecule has 0 atom stereocenters. The van der Waals surface area contributed by atoms with Crippen LogP contribution in [0.5, 0.6) is 5.75 Å². The lowest BCUT2D eigenvalue weighted by molar-refractivity contribution is -0.116. The fraction of sp³-hybridized carbons (Fsp3) is 0.320. The van der Waals surface area contributed by atoms with E-state index in [1.165, 1.54) is 16.2 Å². The number of nitrogens with zero attached hydrogens (tertiary/aromatic N) is 3. The van der Waals surface area contributed by atoms with E-state index in [0.29, 0.717) is 18.0 Å². The van der Waals surface area contributed by atoms with Gasteiger partial charge in [0.1, 0.15) is 16.5 Å². The fourth-order valence-corrected chi connectivity index (χ4v) is 4.43. The van der Waals surface area contributed by atoms with E-state index in [-0.39, 0.29) is 18.4 Å². The van der Waals surface area contributed by atoms with E-state index in [2.05, 4.69) is 15.2 Å². The number of hydrogen-bond donors (Lipinski definition) is 1. The molecule has 2 amide bonds. The Morgan fingerprint density at radius 1 is 1.12 bits per heavy atom. The van der Waals surface area contributed by atoms with Gasteiger partial charge >= 0.3 is 0 Å². The Kier molecular flexibility index (Phi) is 7.76. The molecule has 34 heavy (non-hydrogen) atoms. The third-order valence-corrected chi connectivity index (χ3v) is 6.28. The number of amides is 2. The Morgan fingerprint density at radius 2 is 1.82 bits per heavy atom. The maximum Gasteiger partial charge on any atom is 0.273 e. The summed E-state index contributed by atoms with van der Waals surface area (Å²) in [6.45, 7) is 5.63. The van der Waals surface area contributed by atoms with Gasteiger partial charge in [0.25, 0.3) is 5.91 Å². The van der Waals surface area contributed by atoms with Crippen LogP contribution in [0.4, 0.5) is 11.4 Å². The smallest absolute Gasteiger partial charge is 0.273 e. The Labute approximate surface area is 203 Å². The largest absolute Gasteiger partial charge is 0.494 e. The maximum absolute atomic E-state index is 12.8. The molecule has 0 aliphatic carbocycles. The van der Waals surface area contributed by atoms with Crippen LogP contribution in [-0.4, -0.2) is 68.2 Å². The number of hydrogen-bond acceptors (Lipinski definition) is 7. The lowest BCUT2D eigenvalue weighted by Crippen LogP contribution is -2.36. The predicted molar refractivity (Wildman–Crippen MR) is 134 cm³/mol. The lowest BCUT2D eigenvalue weighted by Gasteiger charge is -2.28. The van der Waals surface area contributed by atoms with Gasteiger partial charge in [-0.3, -0.25) is 9.59 Å². The number of morpholine rings is 1. The molecule has 0 unspecified atom stereocenters. The van der Waals surface area contributed by atoms with Crippen molar-refractivity contribution in [3.63, 3.8) is 0 Å². The van der Waals surface area contributed by atoms with Gasteiger partial charge in [0.15, 0.2) is 0 Å². The molecule has 2 heterocycles. The minimum absolute atomic E-state index is 0.0695. The first-order valence-corrected chi connectivity index (χ1v) is 12.1. The van der Waals surface area contributed by atoms with E-state index < -0.39 is 0 Å². The van der Waals surface area contributed by atoms with Gasteiger partial charge in [-0.15, -0.1) is 11.3 Å². The van der Waals surface area contributed by atoms with Crippen molar-refractivity contribution < 1.29 is 19.1 Å². The number of rotatable bonds is 8. The molecule has 2 aromatic carbocycles. The number of thiazole rings is 1. The van der Waals surface area contributed by atoms with Crippen LogP contribution < -0.4 is 15.0 Å². The Balaban J connectivity index is 1.31. The molecule has 0 radical (unpaired) electrons. The zero-order chi connectivity index (χ0) is 23.9. The van der Waals surface area contributed by atoms with Crippen LogP contribution in [0.15, 0.2) is 53.9 Å². The number of aromatic nitrogens is 1. The van der Waals surface area contributed by atoms with Gasteiger partial charge in [0.05, 0.1) is 26.4 Å². The molecule has 3 aromatic rings. The SMILES string of the molecule is CCOc1ccc(-c2nc(C(=O)N(C)CC(=O)Nc3ccc(N4CCOCC4)cc3)cs2)cc1. The zero-order valence-corrected chi connectivity index (χ0v) is 20.1. The highest BCUT2D eigenvalue weighted by atomic mass is 32.1. The molecule has 178 valence electrons. The fourth-order valence-electron chi connectivity index (χ4n) is 3.63. The summed E-state index contributed by atoms with van der Waals surface area (Å²) in [5.41, 5.74) is 3.02. The quantitative estimate of drug-likeness (QED) is 0.529. The first-order chi connectivity index (χ1) is 16.5. The predicted octanol–water partition coefficient (Wildman–Crippen LogP) is 3.76. The lowest BCUT2D eigenvalue weighted by atomic mass is 10.2. The molecule has 1 aliphatic rings. The van der Waals surface area contributed by atoms with E-state index in [0.717, 1.165) is 48.3 Å². The van der Waals surface area contributed by atoms with Gasteiger partial charge in [-0.2, -0.15) is 0 Å². The van der Waals surface area contributed by atoms with E-state index in [1.807, 2.05) is 55.5 Å². The standard InChI is InChI=1S/C25H28N4O4S/c1-3-33-21-10-4-18(5-11-21)24-27-22(17-34-24)25(31)28(2)16-23(30)26-19-6-8-20(9-7-19)29-12-14-32-15-13-29/h4-11,17H,3,12-16H2,1-2H3,(H,26,30). The Morgan fingerprint density at radius 3 is 2.50 bits per heavy atom. The molecule has 9 heteroatoms. The second kappa shape index (κ2) is 11.1. The third-order valence-electron chi connectivity index (χ3n) is 5.39. The molecule has 0 saturated carbocycles. The van der Waals surface area contributed by atoms with Crippen LogP contribution in [0.3, 0.4) is 0 Å². The summed E-state index contributed by atoms with van der Waals surface area (Å²) in [4.78, 5) is 33.4. The van der Waals surface area contributed by atoms with Gasteiger partial charge in [-0.25, -0.2) is 4.98 Å². The number of carbonyl (C=O) groups is 2. The molecular weight excluding hydrogens is 452 g/mol. The first kappa shape index (κ1) is 23.7. The molecule has 1 N–H and O–H groups in total. The minimum Gasteiger partial charge on any atom is -0.494 e. The summed E-state index contributed by atoms with van der Waals surface area (Å²) in [6, 6.07) is 15.3. The Bertz CT molecular complexity index is 1110. The third kappa shape index (κ3) is 5.92. The highest BCUT2D eigenvalue weighted by Crippen LogP contribution is 2.26. The van der Waals surface area contributed by atoms with Gasteiger partial charge < -0.3 is 24.6 Å². The summed E-state index contributed by atoms with van der Waals surface area (Å²) in [7, 11) is 1.60. The van der Waals surface area contributed by atoms with E-state index >= 15 is 0 Å². The van der Waals surface area contributed by atoms with Crippen molar-refractivity contribution in [2.24, 2.45) is 0 Å². The van der Waals surface area contributed by atoms with Crippen LogP contribution in [-0.2, 0) is 9.53 Å². The van der Waals surface area contributed by atoms with Crippen LogP contribution in [0.25, 0.3) is 10.6 Å². The van der Waals surface area contributed by atoms with Crippen molar-refractivity contribution in [1.29, 1.82) is 0 Å². The average molecular weight is 481 g/mol. The van der Waals surface area contributed by atoms with Gasteiger partial charge in [0.2, 0.25) is 5.91 Å². The second-order valence-corrected chi connectivity index (χ2v) is 8.71. The van der Waals surface area contributed by atoms with Gasteiger partial charge in [-0.05, 0) is 55.5 Å². The van der Waals surface area contributed by atoms with Crippen molar-refractivity contribution >= 4 is 34.5 Å². The highest BCUT2D eigenvalue weighted by molar-refractivity contribution is 7.13. The first-order valence-electron chi connectivity index (χ1n) is 11.2. The number of ether oxygens (including phenoxy) is 2. The minimum atomic E-state index is -0.300. The number of nitrogens with one attached hydrogen (secondary N) is 1. The topological polar surface area (TPSA) is 84.0 Å². The number of anilines is 2. The summed E-state index contributed by atoms with van der Waals surface area (Å²) >= 11 is 1.39. The van der Waals surface area contributed by atoms with E-state index in [4.69, 9.17) is 9.47 Å². The van der Waals surface area contributed by atoms with E-state index in [9.17, 15) is 9.59 Å². The summed E-state index contributed by atoms with van der Waals surface area (Å²) in [5, 5.41) is 5.31. The van der Waals surface area contributed by atoms with Crippen molar-refractivity contribution in [3.8, 4) is 16.3 Å². The Hall–Kier alpha value is -3.43. The molecule has 1 aromatic heterocycles. The molecule has 0 spiro atoms. The van der Waals surface area contributed by atoms with Crippen molar-refractivity contribution in [2.45, 2.75) is 6.92 Å². The maximum atomic E-state index is 12.8. The summed E-state index contributed by atoms with van der Waals surface area (Å²) in [5.74, 6) is 0.226. The number of benzene rings is 2. The van der Waals surface area contributed by atoms with Crippen LogP contribution in [0.2, 0.25) is 0 Å². The molecular formula is C25H28N4O4S. The summed E-state index contributed by atoms with van der Waals surface area (Å²) < 4.78 is 10.8. The molecule has 0 bridgehead atoms.